The molecule has 1 fully saturated rings. The van der Waals surface area contributed by atoms with Gasteiger partial charge in [0.15, 0.2) is 0 Å². The smallest absolute Gasteiger partial charge is 0.243 e. The van der Waals surface area contributed by atoms with Gasteiger partial charge < -0.3 is 10.4 Å². The van der Waals surface area contributed by atoms with Gasteiger partial charge in [-0.15, -0.1) is 0 Å². The van der Waals surface area contributed by atoms with E-state index in [0.717, 1.165) is 19.3 Å². The quantitative estimate of drug-likeness (QED) is 0.594. The Morgan fingerprint density at radius 2 is 2.50 bits per heavy atom. The van der Waals surface area contributed by atoms with Crippen molar-refractivity contribution in [2.24, 2.45) is 0 Å². The van der Waals surface area contributed by atoms with Gasteiger partial charge in [0.25, 0.3) is 0 Å². The lowest BCUT2D eigenvalue weighted by atomic mass is 10.0. The second-order valence-electron chi connectivity index (χ2n) is 3.51. The zero-order valence-corrected chi connectivity index (χ0v) is 7.34. The first kappa shape index (κ1) is 9.26. The summed E-state index contributed by atoms with van der Waals surface area (Å²) in [6, 6.07) is -0.108. The van der Waals surface area contributed by atoms with E-state index in [-0.39, 0.29) is 11.9 Å². The molecule has 0 aromatic carbocycles. The average molecular weight is 169 g/mol. The Hall–Kier alpha value is -0.830. The molecular weight excluding hydrogens is 154 g/mol. The number of hydrogen-bond acceptors (Lipinski definition) is 2. The molecule has 2 N–H and O–H groups in total. The predicted molar refractivity (Wildman–Crippen MR) is 46.6 cm³/mol. The van der Waals surface area contributed by atoms with Crippen molar-refractivity contribution in [3.63, 3.8) is 0 Å². The molecule has 1 amide bonds. The van der Waals surface area contributed by atoms with E-state index >= 15 is 0 Å². The molecule has 68 valence electrons. The monoisotopic (exact) mass is 169 g/mol. The Morgan fingerprint density at radius 1 is 1.83 bits per heavy atom. The average Bonchev–Trinajstić information content (AvgIpc) is 2.31. The van der Waals surface area contributed by atoms with Gasteiger partial charge in [-0.1, -0.05) is 6.58 Å². The second-order valence-corrected chi connectivity index (χ2v) is 3.51. The van der Waals surface area contributed by atoms with Crippen LogP contribution in [0.5, 0.6) is 0 Å². The minimum Gasteiger partial charge on any atom is -0.388 e. The molecule has 3 nitrogen and oxygen atoms in total. The molecule has 2 unspecified atom stereocenters. The van der Waals surface area contributed by atoms with Gasteiger partial charge in [-0.25, -0.2) is 0 Å². The third-order valence-electron chi connectivity index (χ3n) is 2.43. The molecule has 0 saturated heterocycles. The maximum absolute atomic E-state index is 10.9. The topological polar surface area (TPSA) is 49.3 Å². The fourth-order valence-electron chi connectivity index (χ4n) is 1.61. The van der Waals surface area contributed by atoms with E-state index in [1.54, 1.807) is 6.92 Å². The van der Waals surface area contributed by atoms with Crippen molar-refractivity contribution < 1.29 is 9.90 Å². The van der Waals surface area contributed by atoms with E-state index in [0.29, 0.717) is 0 Å². The number of carbonyl (C=O) groups is 1. The van der Waals surface area contributed by atoms with E-state index in [9.17, 15) is 9.90 Å². The molecular formula is C9H15NO2. The van der Waals surface area contributed by atoms with E-state index in [4.69, 9.17) is 0 Å². The van der Waals surface area contributed by atoms with Gasteiger partial charge in [-0.3, -0.25) is 4.79 Å². The molecule has 1 aliphatic carbocycles. The Kier molecular flexibility index (Phi) is 2.52. The van der Waals surface area contributed by atoms with Crippen LogP contribution < -0.4 is 5.32 Å². The third-order valence-corrected chi connectivity index (χ3v) is 2.43. The predicted octanol–water partition coefficient (Wildman–Crippen LogP) is 0.592. The summed E-state index contributed by atoms with van der Waals surface area (Å²) in [5.74, 6) is -0.206. The molecule has 0 aromatic rings. The molecule has 1 rings (SSSR count). The molecule has 3 heteroatoms. The highest BCUT2D eigenvalue weighted by Crippen LogP contribution is 2.29. The highest BCUT2D eigenvalue weighted by atomic mass is 16.3. The number of hydrogen-bond donors (Lipinski definition) is 2. The van der Waals surface area contributed by atoms with E-state index in [1.165, 1.54) is 6.08 Å². The number of nitrogens with one attached hydrogen (secondary N) is 1. The molecule has 0 heterocycles. The number of rotatable bonds is 2. The summed E-state index contributed by atoms with van der Waals surface area (Å²) in [6.45, 7) is 5.11. The van der Waals surface area contributed by atoms with Gasteiger partial charge in [0.05, 0.1) is 11.6 Å². The fraction of sp³-hybridized carbons (Fsp3) is 0.667. The van der Waals surface area contributed by atoms with Gasteiger partial charge in [-0.2, -0.15) is 0 Å². The van der Waals surface area contributed by atoms with Crippen LogP contribution in [0, 0.1) is 0 Å². The Bertz CT molecular complexity index is 199. The van der Waals surface area contributed by atoms with Crippen LogP contribution in [-0.2, 0) is 4.79 Å². The van der Waals surface area contributed by atoms with Crippen LogP contribution in [0.1, 0.15) is 26.2 Å². The van der Waals surface area contributed by atoms with Gasteiger partial charge in [0.2, 0.25) is 5.91 Å². The molecule has 0 aliphatic heterocycles. The lowest BCUT2D eigenvalue weighted by molar-refractivity contribution is -0.118. The fourth-order valence-corrected chi connectivity index (χ4v) is 1.61. The zero-order valence-electron chi connectivity index (χ0n) is 7.34. The van der Waals surface area contributed by atoms with Gasteiger partial charge >= 0.3 is 0 Å². The standard InChI is InChI=1S/C9H15NO2/c1-3-8(11)10-7-5-4-6-9(7,2)12/h3,7,12H,1,4-6H2,2H3,(H,10,11). The lowest BCUT2D eigenvalue weighted by Gasteiger charge is -2.25. The second kappa shape index (κ2) is 3.27. The van der Waals surface area contributed by atoms with E-state index in [2.05, 4.69) is 11.9 Å². The normalized spacial score (nSPS) is 34.7. The maximum Gasteiger partial charge on any atom is 0.243 e. The van der Waals surface area contributed by atoms with Crippen LogP contribution in [0.15, 0.2) is 12.7 Å². The molecule has 1 saturated carbocycles. The number of carbonyl (C=O) groups excluding carboxylic acids is 1. The summed E-state index contributed by atoms with van der Waals surface area (Å²) in [6.07, 6.45) is 3.81. The minimum absolute atomic E-state index is 0.108. The van der Waals surface area contributed by atoms with Crippen molar-refractivity contribution in [1.82, 2.24) is 5.32 Å². The van der Waals surface area contributed by atoms with Crippen molar-refractivity contribution in [2.75, 3.05) is 0 Å². The molecule has 0 spiro atoms. The summed E-state index contributed by atoms with van der Waals surface area (Å²) in [7, 11) is 0. The molecule has 0 bridgehead atoms. The first-order chi connectivity index (χ1) is 5.56. The molecule has 0 aromatic heterocycles. The van der Waals surface area contributed by atoms with Gasteiger partial charge in [0.1, 0.15) is 0 Å². The Balaban J connectivity index is 2.52. The molecule has 12 heavy (non-hydrogen) atoms. The van der Waals surface area contributed by atoms with Crippen LogP contribution in [0.3, 0.4) is 0 Å². The molecule has 0 radical (unpaired) electrons. The van der Waals surface area contributed by atoms with E-state index < -0.39 is 5.60 Å². The number of aliphatic hydroxyl groups is 1. The van der Waals surface area contributed by atoms with Crippen molar-refractivity contribution in [1.29, 1.82) is 0 Å². The summed E-state index contributed by atoms with van der Waals surface area (Å²) < 4.78 is 0. The van der Waals surface area contributed by atoms with E-state index in [1.807, 2.05) is 0 Å². The van der Waals surface area contributed by atoms with Crippen LogP contribution in [0.25, 0.3) is 0 Å². The highest BCUT2D eigenvalue weighted by molar-refractivity contribution is 5.87. The van der Waals surface area contributed by atoms with Crippen LogP contribution in [-0.4, -0.2) is 22.7 Å². The first-order valence-corrected chi connectivity index (χ1v) is 4.21. The van der Waals surface area contributed by atoms with Crippen molar-refractivity contribution in [3.05, 3.63) is 12.7 Å². The largest absolute Gasteiger partial charge is 0.388 e. The van der Waals surface area contributed by atoms with Crippen molar-refractivity contribution in [2.45, 2.75) is 37.8 Å². The summed E-state index contributed by atoms with van der Waals surface area (Å²) in [4.78, 5) is 10.9. The Morgan fingerprint density at radius 3 is 2.92 bits per heavy atom. The third kappa shape index (κ3) is 1.85. The number of amides is 1. The SMILES string of the molecule is C=CC(=O)NC1CCCC1(C)O. The zero-order chi connectivity index (χ0) is 9.19. The summed E-state index contributed by atoms with van der Waals surface area (Å²) in [5.41, 5.74) is -0.737. The van der Waals surface area contributed by atoms with Crippen LogP contribution >= 0.6 is 0 Å². The lowest BCUT2D eigenvalue weighted by Crippen LogP contribution is -2.46. The maximum atomic E-state index is 10.9. The highest BCUT2D eigenvalue weighted by Gasteiger charge is 2.37. The molecule has 2 atom stereocenters. The minimum atomic E-state index is -0.737. The van der Waals surface area contributed by atoms with Crippen molar-refractivity contribution in [3.8, 4) is 0 Å². The molecule has 1 aliphatic rings. The summed E-state index contributed by atoms with van der Waals surface area (Å²) >= 11 is 0. The summed E-state index contributed by atoms with van der Waals surface area (Å²) in [5, 5.41) is 12.5. The van der Waals surface area contributed by atoms with Gasteiger partial charge in [-0.05, 0) is 32.3 Å². The van der Waals surface area contributed by atoms with Gasteiger partial charge in [0, 0.05) is 0 Å². The Labute approximate surface area is 72.5 Å². The van der Waals surface area contributed by atoms with Crippen LogP contribution in [0.4, 0.5) is 0 Å². The van der Waals surface area contributed by atoms with Crippen molar-refractivity contribution >= 4 is 5.91 Å². The van der Waals surface area contributed by atoms with Crippen LogP contribution in [0.2, 0.25) is 0 Å². The first-order valence-electron chi connectivity index (χ1n) is 4.21.